The number of phenols is 1. The minimum atomic E-state index is -1.68. The Morgan fingerprint density at radius 3 is 1.91 bits per heavy atom. The maximum absolute atomic E-state index is 9.87. The lowest BCUT2D eigenvalue weighted by molar-refractivity contribution is 0.238. The van der Waals surface area contributed by atoms with E-state index in [0.29, 0.717) is 11.3 Å². The molecule has 0 aliphatic rings. The molecule has 0 spiro atoms. The molecule has 0 saturated heterocycles. The van der Waals surface area contributed by atoms with Crippen LogP contribution in [0.4, 0.5) is 0 Å². The van der Waals surface area contributed by atoms with E-state index in [0.717, 1.165) is 22.6 Å². The molecule has 4 aromatic carbocycles. The molecule has 1 atom stereocenters. The van der Waals surface area contributed by atoms with Gasteiger partial charge >= 0.3 is 8.60 Å². The van der Waals surface area contributed by atoms with Gasteiger partial charge in [0, 0.05) is 5.56 Å². The van der Waals surface area contributed by atoms with Crippen LogP contribution in [0, 0.1) is 20.8 Å². The number of rotatable bonds is 13. The molecule has 6 nitrogen and oxygen atoms in total. The zero-order valence-electron chi connectivity index (χ0n) is 24.9. The largest absolute Gasteiger partial charge is 0.508 e. The SMILES string of the molecule is C=C/C=C(C)\C=C\OP(OCc1ccccc1O)Oc1cccc(C)c1.Cc1cccc(OPOc2cccc(C)c2)c1. The smallest absolute Gasteiger partial charge is 0.462 e. The van der Waals surface area contributed by atoms with Gasteiger partial charge in [-0.2, -0.15) is 0 Å². The van der Waals surface area contributed by atoms with Crippen molar-refractivity contribution < 1.29 is 27.7 Å². The predicted molar refractivity (Wildman–Crippen MR) is 178 cm³/mol. The van der Waals surface area contributed by atoms with Crippen molar-refractivity contribution in [3.63, 3.8) is 0 Å². The van der Waals surface area contributed by atoms with Gasteiger partial charge in [-0.3, -0.25) is 4.52 Å². The molecule has 0 bridgehead atoms. The number of hydrogen-bond donors (Lipinski definition) is 1. The maximum atomic E-state index is 9.87. The summed E-state index contributed by atoms with van der Waals surface area (Å²) in [5, 5.41) is 9.87. The number of para-hydroxylation sites is 1. The van der Waals surface area contributed by atoms with Crippen molar-refractivity contribution >= 4 is 17.6 Å². The number of phenolic OH excluding ortho intramolecular Hbond substituents is 1. The fourth-order valence-corrected chi connectivity index (χ4v) is 4.83. The Morgan fingerprint density at radius 2 is 1.35 bits per heavy atom. The Labute approximate surface area is 258 Å². The highest BCUT2D eigenvalue weighted by molar-refractivity contribution is 7.42. The van der Waals surface area contributed by atoms with Crippen LogP contribution in [0.5, 0.6) is 23.0 Å². The maximum Gasteiger partial charge on any atom is 0.462 e. The summed E-state index contributed by atoms with van der Waals surface area (Å²) in [4.78, 5) is 0. The number of aryl methyl sites for hydroxylation is 3. The Balaban J connectivity index is 0.000000257. The first-order valence-corrected chi connectivity index (χ1v) is 15.5. The zero-order chi connectivity index (χ0) is 30.9. The summed E-state index contributed by atoms with van der Waals surface area (Å²) in [6, 6.07) is 30.5. The minimum absolute atomic E-state index is 0.0202. The Kier molecular flexibility index (Phi) is 14.3. The Bertz CT molecular complexity index is 1460. The summed E-state index contributed by atoms with van der Waals surface area (Å²) in [5.41, 5.74) is 5.11. The molecule has 1 N–H and O–H groups in total. The van der Waals surface area contributed by atoms with Gasteiger partial charge in [-0.05, 0) is 98.5 Å². The standard InChI is InChI=1S/C21H23O4P.C14H15O2P/c1-4-8-17(2)13-14-23-26(25-20-11-7-9-18(3)15-20)24-16-19-10-5-6-12-21(19)22;1-11-5-3-7-13(9-11)15-17-16-14-8-4-6-12(2)10-14/h4-15,22H,1,16H2,2-3H3;3-10,17H,1-2H3/b14-13+,17-8-;. The van der Waals surface area contributed by atoms with Crippen molar-refractivity contribution in [2.24, 2.45) is 0 Å². The molecular formula is C35H38O6P2. The van der Waals surface area contributed by atoms with E-state index in [1.807, 2.05) is 113 Å². The van der Waals surface area contributed by atoms with Gasteiger partial charge in [0.25, 0.3) is 9.03 Å². The lowest BCUT2D eigenvalue weighted by Crippen LogP contribution is -1.96. The van der Waals surface area contributed by atoms with Crippen molar-refractivity contribution in [3.8, 4) is 23.0 Å². The van der Waals surface area contributed by atoms with Gasteiger partial charge in [-0.15, -0.1) is 0 Å². The van der Waals surface area contributed by atoms with Crippen molar-refractivity contribution in [1.82, 2.24) is 0 Å². The molecule has 0 amide bonds. The van der Waals surface area contributed by atoms with E-state index in [2.05, 4.69) is 6.58 Å². The summed E-state index contributed by atoms with van der Waals surface area (Å²) in [7, 11) is -1.70. The fourth-order valence-electron chi connectivity index (χ4n) is 3.50. The molecular weight excluding hydrogens is 578 g/mol. The van der Waals surface area contributed by atoms with Crippen LogP contribution in [0.2, 0.25) is 0 Å². The zero-order valence-corrected chi connectivity index (χ0v) is 26.8. The quantitative estimate of drug-likeness (QED) is 0.0916. The van der Waals surface area contributed by atoms with Crippen molar-refractivity contribution in [3.05, 3.63) is 156 Å². The van der Waals surface area contributed by atoms with E-state index < -0.39 is 8.60 Å². The van der Waals surface area contributed by atoms with Gasteiger partial charge in [0.2, 0.25) is 0 Å². The third kappa shape index (κ3) is 13.2. The lowest BCUT2D eigenvalue weighted by Gasteiger charge is -2.16. The molecule has 0 heterocycles. The molecule has 8 heteroatoms. The summed E-state index contributed by atoms with van der Waals surface area (Å²) in [5.74, 6) is 2.53. The second-order valence-electron chi connectivity index (χ2n) is 9.51. The number of benzene rings is 4. The molecule has 0 aliphatic heterocycles. The monoisotopic (exact) mass is 616 g/mol. The van der Waals surface area contributed by atoms with Crippen LogP contribution in [-0.2, 0) is 15.7 Å². The third-order valence-electron chi connectivity index (χ3n) is 5.64. The molecule has 0 aliphatic carbocycles. The molecule has 0 radical (unpaired) electrons. The highest BCUT2D eigenvalue weighted by Gasteiger charge is 2.16. The Morgan fingerprint density at radius 1 is 0.791 bits per heavy atom. The molecule has 4 aromatic rings. The molecule has 1 unspecified atom stereocenters. The van der Waals surface area contributed by atoms with Crippen LogP contribution in [0.3, 0.4) is 0 Å². The van der Waals surface area contributed by atoms with Crippen LogP contribution < -0.4 is 13.6 Å². The number of allylic oxidation sites excluding steroid dienone is 4. The van der Waals surface area contributed by atoms with Gasteiger partial charge in [-0.1, -0.05) is 73.3 Å². The summed E-state index contributed by atoms with van der Waals surface area (Å²) >= 11 is 0. The Hall–Kier alpha value is -4.08. The first-order valence-electron chi connectivity index (χ1n) is 13.6. The molecule has 43 heavy (non-hydrogen) atoms. The summed E-state index contributed by atoms with van der Waals surface area (Å²) in [6.45, 7) is 11.8. The number of hydrogen-bond acceptors (Lipinski definition) is 6. The highest BCUT2D eigenvalue weighted by atomic mass is 31.2. The lowest BCUT2D eigenvalue weighted by atomic mass is 10.2. The first-order chi connectivity index (χ1) is 20.8. The van der Waals surface area contributed by atoms with E-state index in [1.54, 1.807) is 36.6 Å². The summed E-state index contributed by atoms with van der Waals surface area (Å²) < 4.78 is 28.3. The second-order valence-corrected chi connectivity index (χ2v) is 11.2. The van der Waals surface area contributed by atoms with Crippen molar-refractivity contribution in [2.45, 2.75) is 34.3 Å². The van der Waals surface area contributed by atoms with Gasteiger partial charge < -0.3 is 23.2 Å². The number of aromatic hydroxyl groups is 1. The van der Waals surface area contributed by atoms with E-state index >= 15 is 0 Å². The predicted octanol–water partition coefficient (Wildman–Crippen LogP) is 10.5. The molecule has 0 fully saturated rings. The third-order valence-corrected chi connectivity index (χ3v) is 7.28. The van der Waals surface area contributed by atoms with Gasteiger partial charge in [-0.25, -0.2) is 0 Å². The van der Waals surface area contributed by atoms with Crippen LogP contribution >= 0.6 is 17.6 Å². The van der Waals surface area contributed by atoms with E-state index in [1.165, 1.54) is 11.1 Å². The normalized spacial score (nSPS) is 11.7. The van der Waals surface area contributed by atoms with E-state index in [9.17, 15) is 5.11 Å². The van der Waals surface area contributed by atoms with Crippen LogP contribution in [0.15, 0.2) is 134 Å². The van der Waals surface area contributed by atoms with Crippen LogP contribution in [-0.4, -0.2) is 5.11 Å². The molecule has 4 rings (SSSR count). The van der Waals surface area contributed by atoms with Gasteiger partial charge in [0.1, 0.15) is 23.0 Å². The first kappa shape index (κ1) is 33.4. The fraction of sp³-hybridized carbons (Fsp3) is 0.143. The molecule has 0 aromatic heterocycles. The topological polar surface area (TPSA) is 66.4 Å². The van der Waals surface area contributed by atoms with Gasteiger partial charge in [0.05, 0.1) is 12.9 Å². The van der Waals surface area contributed by atoms with Crippen LogP contribution in [0.25, 0.3) is 0 Å². The minimum Gasteiger partial charge on any atom is -0.508 e. The van der Waals surface area contributed by atoms with Crippen molar-refractivity contribution in [1.29, 1.82) is 0 Å². The van der Waals surface area contributed by atoms with Crippen molar-refractivity contribution in [2.75, 3.05) is 0 Å². The van der Waals surface area contributed by atoms with E-state index in [4.69, 9.17) is 22.6 Å². The highest BCUT2D eigenvalue weighted by Crippen LogP contribution is 2.42. The molecule has 0 saturated carbocycles. The molecule has 224 valence electrons. The average Bonchev–Trinajstić information content (AvgIpc) is 2.97. The average molecular weight is 617 g/mol. The summed E-state index contributed by atoms with van der Waals surface area (Å²) in [6.07, 6.45) is 6.93. The van der Waals surface area contributed by atoms with E-state index in [-0.39, 0.29) is 21.4 Å². The second kappa shape index (κ2) is 18.5. The van der Waals surface area contributed by atoms with Crippen LogP contribution in [0.1, 0.15) is 29.2 Å². The van der Waals surface area contributed by atoms with Gasteiger partial charge in [0.15, 0.2) is 0 Å².